The van der Waals surface area contributed by atoms with E-state index in [2.05, 4.69) is 111 Å². The van der Waals surface area contributed by atoms with Gasteiger partial charge in [-0.05, 0) is 97.0 Å². The van der Waals surface area contributed by atoms with Gasteiger partial charge in [-0.1, -0.05) is 136 Å². The SMILES string of the molecule is C=C(C)C(=O)OCCOc1ccc(C(C)=O)cc1.C=CC(=O)OCCOCCOC(C)C(C)=O.C=CC(=O)OCCOc1ccc(C(C)=O)cc1.C=CCOCC(C)=O.CC(=O)COCC1CO1.CCC[Si](C)(C)C.CC[Si](C)(CC)CC.C[Si](C)(C)C. The number of carbonyl (C=O) groups excluding carboxylic acids is 8. The Morgan fingerprint density at radius 3 is 1.25 bits per heavy atom. The molecule has 2 aromatic rings. The van der Waals surface area contributed by atoms with E-state index in [1.54, 1.807) is 68.5 Å². The normalized spacial score (nSPS) is 11.9. The largest absolute Gasteiger partial charge is 0.490 e. The topological polar surface area (TPSA) is 232 Å². The molecule has 0 aromatic heterocycles. The van der Waals surface area contributed by atoms with Crippen LogP contribution in [0.3, 0.4) is 0 Å². The highest BCUT2D eigenvalue weighted by Crippen LogP contribution is 2.19. The maximum absolute atomic E-state index is 11.1. The van der Waals surface area contributed by atoms with Crippen molar-refractivity contribution < 1.29 is 85.7 Å². The first-order valence-corrected chi connectivity index (χ1v) is 40.8. The zero-order valence-electron chi connectivity index (χ0n) is 57.4. The van der Waals surface area contributed by atoms with Crippen LogP contribution in [0.1, 0.15) is 103 Å². The summed E-state index contributed by atoms with van der Waals surface area (Å²) in [5, 5.41) is 0. The van der Waals surface area contributed by atoms with Gasteiger partial charge in [-0.15, -0.1) is 6.58 Å². The fourth-order valence-corrected chi connectivity index (χ4v) is 8.40. The molecule has 21 heteroatoms. The maximum atomic E-state index is 11.1. The van der Waals surface area contributed by atoms with E-state index in [-0.39, 0.29) is 81.3 Å². The lowest BCUT2D eigenvalue weighted by molar-refractivity contribution is -0.140. The van der Waals surface area contributed by atoms with E-state index in [1.807, 2.05) is 0 Å². The molecule has 1 saturated heterocycles. The zero-order chi connectivity index (χ0) is 68.7. The fraction of sp³-hybridized carbons (Fsp3) is 0.582. The van der Waals surface area contributed by atoms with Crippen LogP contribution in [0.5, 0.6) is 11.5 Å². The fourth-order valence-electron chi connectivity index (χ4n) is 5.40. The molecule has 2 aromatic carbocycles. The Kier molecular flexibility index (Phi) is 58.3. The predicted octanol–water partition coefficient (Wildman–Crippen LogP) is 13.7. The van der Waals surface area contributed by atoms with Gasteiger partial charge in [-0.2, -0.15) is 0 Å². The van der Waals surface area contributed by atoms with Crippen molar-refractivity contribution in [3.05, 3.63) is 110 Å². The second-order valence-electron chi connectivity index (χ2n) is 23.1. The molecule has 2 atom stereocenters. The molecule has 502 valence electrons. The van der Waals surface area contributed by atoms with E-state index < -0.39 is 48.2 Å². The summed E-state index contributed by atoms with van der Waals surface area (Å²) in [7, 11) is -1.94. The first-order chi connectivity index (χ1) is 41.0. The summed E-state index contributed by atoms with van der Waals surface area (Å²) >= 11 is 0. The number of Topliss-reactive ketones (excluding diaryl/α,β-unsaturated/α-hetero) is 5. The van der Waals surface area contributed by atoms with E-state index in [9.17, 15) is 38.4 Å². The third-order valence-corrected chi connectivity index (χ3v) is 18.3. The second-order valence-corrected chi connectivity index (χ2v) is 40.5. The lowest BCUT2D eigenvalue weighted by Gasteiger charge is -2.20. The number of ketones is 5. The van der Waals surface area contributed by atoms with Gasteiger partial charge in [0.15, 0.2) is 28.9 Å². The average Bonchev–Trinajstić information content (AvgIpc) is 4.44. The summed E-state index contributed by atoms with van der Waals surface area (Å²) in [6.07, 6.45) is 5.05. The lowest BCUT2D eigenvalue weighted by atomic mass is 10.1. The molecule has 0 saturated carbocycles. The highest BCUT2D eigenvalue weighted by atomic mass is 28.3. The highest BCUT2D eigenvalue weighted by Gasteiger charge is 2.22. The highest BCUT2D eigenvalue weighted by molar-refractivity contribution is 6.78. The number of esters is 3. The van der Waals surface area contributed by atoms with Crippen molar-refractivity contribution in [2.75, 3.05) is 85.9 Å². The first kappa shape index (κ1) is 90.9. The molecule has 0 radical (unpaired) electrons. The molecule has 0 aliphatic carbocycles. The molecule has 0 N–H and O–H groups in total. The summed E-state index contributed by atoms with van der Waals surface area (Å²) in [5.41, 5.74) is 1.63. The summed E-state index contributed by atoms with van der Waals surface area (Å²) in [4.78, 5) is 85.7. The lowest BCUT2D eigenvalue weighted by Crippen LogP contribution is -2.25. The van der Waals surface area contributed by atoms with Crippen molar-refractivity contribution in [2.45, 2.75) is 171 Å². The number of epoxide rings is 1. The molecule has 88 heavy (non-hydrogen) atoms. The Labute approximate surface area is 532 Å². The van der Waals surface area contributed by atoms with Crippen LogP contribution in [0.15, 0.2) is 98.6 Å². The standard InChI is InChI=1S/C14H16O4.C13H14O4.C11H18O5.C7H18Si.C6H10O3.C6H10O2.C6H16Si.C4H12Si/c1-10(2)14(16)18-9-8-17-13-6-4-12(5-7-13)11(3)15;1-3-13(15)17-9-8-16-12-6-4-11(5-7-12)10(2)14;1-4-11(13)16-8-6-14-5-7-15-10(3)9(2)12;1-5-8(4,6-2)7-3;1-5(7)2-8-3-6-4-9-6;1-3-4-8-5-6(2)7;1-5-6-7(2,3)4;1-5(2,3)4/h4-7H,1,8-9H2,2-3H3;3-7H,1,8-9H2,2H3;4,10H,1,5-8H2,2-3H3;5-7H2,1-4H3;6H,2-4H2,1H3;3H,1,4-5H2,2H3;5-6H2,1-4H3;1-4H3. The Hall–Kier alpha value is -5.79. The van der Waals surface area contributed by atoms with Gasteiger partial charge >= 0.3 is 17.9 Å². The third-order valence-electron chi connectivity index (χ3n) is 11.1. The van der Waals surface area contributed by atoms with Crippen LogP contribution in [-0.2, 0) is 66.7 Å². The number of hydrogen-bond donors (Lipinski definition) is 0. The van der Waals surface area contributed by atoms with Gasteiger partial charge in [0.25, 0.3) is 0 Å². The molecular formula is C67H114O18Si3. The van der Waals surface area contributed by atoms with Crippen molar-refractivity contribution in [3.63, 3.8) is 0 Å². The molecule has 1 heterocycles. The molecule has 1 aliphatic rings. The second kappa shape index (κ2) is 56.4. The Morgan fingerprint density at radius 2 is 0.955 bits per heavy atom. The van der Waals surface area contributed by atoms with Gasteiger partial charge in [-0.3, -0.25) is 24.0 Å². The molecule has 1 aliphatic heterocycles. The molecule has 3 rings (SSSR count). The van der Waals surface area contributed by atoms with Crippen LogP contribution in [0.25, 0.3) is 0 Å². The number of rotatable bonds is 34. The number of ether oxygens (including phenoxy) is 10. The zero-order valence-corrected chi connectivity index (χ0v) is 60.4. The Bertz CT molecular complexity index is 2250. The van der Waals surface area contributed by atoms with Gasteiger partial charge in [0.05, 0.1) is 39.6 Å². The summed E-state index contributed by atoms with van der Waals surface area (Å²) in [5.74, 6) is 0.0166. The minimum atomic E-state index is -0.671. The minimum absolute atomic E-state index is 0.0106. The van der Waals surface area contributed by atoms with E-state index >= 15 is 0 Å². The number of hydrogen-bond acceptors (Lipinski definition) is 18. The average molecular weight is 1290 g/mol. The third kappa shape index (κ3) is 69.3. The van der Waals surface area contributed by atoms with Crippen molar-refractivity contribution in [1.29, 1.82) is 0 Å². The molecule has 0 bridgehead atoms. The minimum Gasteiger partial charge on any atom is -0.490 e. The van der Waals surface area contributed by atoms with Crippen LogP contribution in [0.4, 0.5) is 0 Å². The van der Waals surface area contributed by atoms with Gasteiger partial charge in [0.1, 0.15) is 70.0 Å². The van der Waals surface area contributed by atoms with Crippen LogP contribution in [0, 0.1) is 0 Å². The molecule has 18 nitrogen and oxygen atoms in total. The number of carbonyl (C=O) groups is 8. The van der Waals surface area contributed by atoms with Gasteiger partial charge in [0.2, 0.25) is 0 Å². The molecule has 2 unspecified atom stereocenters. The van der Waals surface area contributed by atoms with Gasteiger partial charge in [0, 0.05) is 53.1 Å². The van der Waals surface area contributed by atoms with Crippen molar-refractivity contribution in [1.82, 2.24) is 0 Å². The van der Waals surface area contributed by atoms with Crippen LogP contribution in [-0.4, -0.2) is 169 Å². The van der Waals surface area contributed by atoms with E-state index in [1.165, 1.54) is 65.2 Å². The smallest absolute Gasteiger partial charge is 0.333 e. The monoisotopic (exact) mass is 1290 g/mol. The van der Waals surface area contributed by atoms with Crippen molar-refractivity contribution >= 4 is 71.0 Å². The molecular weight excluding hydrogens is 1180 g/mol. The number of benzene rings is 2. The molecule has 0 spiro atoms. The maximum Gasteiger partial charge on any atom is 0.333 e. The van der Waals surface area contributed by atoms with Gasteiger partial charge in [-0.25, -0.2) is 14.4 Å². The van der Waals surface area contributed by atoms with Crippen LogP contribution >= 0.6 is 0 Å². The van der Waals surface area contributed by atoms with Crippen molar-refractivity contribution in [2.24, 2.45) is 0 Å². The Morgan fingerprint density at radius 1 is 0.568 bits per heavy atom. The van der Waals surface area contributed by atoms with Crippen molar-refractivity contribution in [3.8, 4) is 11.5 Å². The quantitative estimate of drug-likeness (QED) is 0.00926. The molecule has 1 fully saturated rings. The van der Waals surface area contributed by atoms with Crippen LogP contribution in [0.2, 0.25) is 76.6 Å². The van der Waals surface area contributed by atoms with Crippen LogP contribution < -0.4 is 9.47 Å². The van der Waals surface area contributed by atoms with E-state index in [0.717, 1.165) is 18.8 Å². The first-order valence-electron chi connectivity index (χ1n) is 30.0. The van der Waals surface area contributed by atoms with E-state index in [0.29, 0.717) is 61.2 Å². The van der Waals surface area contributed by atoms with E-state index in [4.69, 9.17) is 42.6 Å². The molecule has 0 amide bonds. The van der Waals surface area contributed by atoms with Gasteiger partial charge < -0.3 is 47.4 Å². The summed E-state index contributed by atoms with van der Waals surface area (Å²) < 4.78 is 49.8. The summed E-state index contributed by atoms with van der Waals surface area (Å²) in [6, 6.07) is 19.4. The Balaban J connectivity index is -0.000000309. The predicted molar refractivity (Wildman–Crippen MR) is 363 cm³/mol. The summed E-state index contributed by atoms with van der Waals surface area (Å²) in [6.45, 7) is 56.8.